The van der Waals surface area contributed by atoms with E-state index in [1.807, 2.05) is 0 Å². The molecule has 51 heavy (non-hydrogen) atoms. The van der Waals surface area contributed by atoms with Crippen LogP contribution in [0.4, 0.5) is 28.0 Å². The number of nitrogens with zero attached hydrogens (tertiary/aromatic N) is 2. The first kappa shape index (κ1) is 39.7. The van der Waals surface area contributed by atoms with Gasteiger partial charge in [0, 0.05) is 36.7 Å². The highest BCUT2D eigenvalue weighted by Gasteiger charge is 2.38. The number of nitrogens with one attached hydrogen (secondary N) is 2. The Morgan fingerprint density at radius 3 is 2.20 bits per heavy atom. The number of halogens is 4. The number of ether oxygens (including phenoxy) is 1. The van der Waals surface area contributed by atoms with E-state index in [0.717, 1.165) is 30.5 Å². The zero-order valence-corrected chi connectivity index (χ0v) is 29.5. The van der Waals surface area contributed by atoms with Gasteiger partial charge in [-0.2, -0.15) is 0 Å². The highest BCUT2D eigenvalue weighted by Crippen LogP contribution is 2.31. The molecule has 1 aliphatic rings. The van der Waals surface area contributed by atoms with Gasteiger partial charge in [-0.1, -0.05) is 12.1 Å². The van der Waals surface area contributed by atoms with Crippen LogP contribution in [0.25, 0.3) is 0 Å². The average Bonchev–Trinajstić information content (AvgIpc) is 3.86. The van der Waals surface area contributed by atoms with Crippen molar-refractivity contribution in [1.82, 2.24) is 14.6 Å². The summed E-state index contributed by atoms with van der Waals surface area (Å²) < 4.78 is 91.8. The molecular weight excluding hydrogens is 694 g/mol. The van der Waals surface area contributed by atoms with Crippen LogP contribution < -0.4 is 15.8 Å². The number of sulfonamides is 1. The predicted molar refractivity (Wildman–Crippen MR) is 182 cm³/mol. The minimum Gasteiger partial charge on any atom is -0.444 e. The predicted octanol–water partition coefficient (Wildman–Crippen LogP) is 4.74. The van der Waals surface area contributed by atoms with Crippen LogP contribution in [-0.4, -0.2) is 77.5 Å². The third-order valence-electron chi connectivity index (χ3n) is 8.01. The largest absolute Gasteiger partial charge is 0.444 e. The first-order chi connectivity index (χ1) is 23.8. The fraction of sp³-hybridized carbons (Fsp3) is 0.457. The second-order valence-electron chi connectivity index (χ2n) is 13.7. The highest BCUT2D eigenvalue weighted by atomic mass is 32.2. The standard InChI is InChI=1S/C35H43F4N5O6S/c1-20(45)18-44(34(47)50-35(2,3)4)19-26(43-51(48,49)27-10-11-27)9-12-28-29(39)16-41-17-30(28)42-33(46)32(40)31(21-5-7-23(36)8-6-21)22-13-24(37)15-25(38)14-22/h5-8,13-17,20,26-27,31-32,43,45H,9-12,18-19,40H2,1-4H3,(H,42,46). The smallest absolute Gasteiger partial charge is 0.410 e. The van der Waals surface area contributed by atoms with Crippen molar-refractivity contribution in [2.75, 3.05) is 18.4 Å². The van der Waals surface area contributed by atoms with Crippen LogP contribution in [0, 0.1) is 23.3 Å². The van der Waals surface area contributed by atoms with Crippen molar-refractivity contribution in [3.63, 3.8) is 0 Å². The Balaban J connectivity index is 1.60. The quantitative estimate of drug-likeness (QED) is 0.163. The van der Waals surface area contributed by atoms with Gasteiger partial charge in [0.15, 0.2) is 0 Å². The summed E-state index contributed by atoms with van der Waals surface area (Å²) in [5.74, 6) is -5.31. The molecule has 0 spiro atoms. The summed E-state index contributed by atoms with van der Waals surface area (Å²) in [6.07, 6.45) is 0.998. The Kier molecular flexibility index (Phi) is 12.8. The zero-order chi connectivity index (χ0) is 37.7. The first-order valence-electron chi connectivity index (χ1n) is 16.4. The number of amides is 2. The number of anilines is 1. The van der Waals surface area contributed by atoms with E-state index in [4.69, 9.17) is 10.5 Å². The average molecular weight is 738 g/mol. The number of aliphatic hydroxyl groups excluding tert-OH is 1. The molecule has 1 saturated carbocycles. The van der Waals surface area contributed by atoms with Gasteiger partial charge in [-0.05, 0) is 88.8 Å². The summed E-state index contributed by atoms with van der Waals surface area (Å²) in [4.78, 5) is 31.7. The topological polar surface area (TPSA) is 164 Å². The van der Waals surface area contributed by atoms with Crippen LogP contribution in [0.15, 0.2) is 54.9 Å². The molecule has 0 saturated heterocycles. The Morgan fingerprint density at radius 2 is 1.63 bits per heavy atom. The molecule has 1 aliphatic carbocycles. The van der Waals surface area contributed by atoms with E-state index in [2.05, 4.69) is 15.0 Å². The van der Waals surface area contributed by atoms with Crippen LogP contribution in [0.2, 0.25) is 0 Å². The maximum atomic E-state index is 15.4. The minimum absolute atomic E-state index is 0.00289. The van der Waals surface area contributed by atoms with E-state index in [9.17, 15) is 36.3 Å². The molecule has 16 heteroatoms. The number of hydrogen-bond donors (Lipinski definition) is 4. The van der Waals surface area contributed by atoms with Gasteiger partial charge < -0.3 is 25.8 Å². The number of pyridine rings is 1. The number of carbonyl (C=O) groups excluding carboxylic acids is 2. The fourth-order valence-electron chi connectivity index (χ4n) is 5.57. The van der Waals surface area contributed by atoms with Crippen LogP contribution in [-0.2, 0) is 26.0 Å². The molecule has 1 fully saturated rings. The van der Waals surface area contributed by atoms with E-state index < -0.39 is 80.2 Å². The molecule has 4 atom stereocenters. The first-order valence-corrected chi connectivity index (χ1v) is 17.9. The fourth-order valence-corrected chi connectivity index (χ4v) is 7.18. The van der Waals surface area contributed by atoms with Gasteiger partial charge in [0.2, 0.25) is 15.9 Å². The number of hydrogen-bond acceptors (Lipinski definition) is 8. The van der Waals surface area contributed by atoms with Crippen LogP contribution in [0.5, 0.6) is 0 Å². The molecule has 278 valence electrons. The summed E-state index contributed by atoms with van der Waals surface area (Å²) in [5, 5.41) is 12.0. The van der Waals surface area contributed by atoms with E-state index in [1.165, 1.54) is 30.2 Å². The molecular formula is C35H43F4N5O6S. The molecule has 0 aliphatic heterocycles. The van der Waals surface area contributed by atoms with Crippen molar-refractivity contribution in [2.45, 2.75) is 88.3 Å². The Hall–Kier alpha value is -4.12. The van der Waals surface area contributed by atoms with Gasteiger partial charge in [-0.3, -0.25) is 9.78 Å². The highest BCUT2D eigenvalue weighted by molar-refractivity contribution is 7.90. The third-order valence-corrected chi connectivity index (χ3v) is 10.0. The van der Waals surface area contributed by atoms with E-state index in [1.54, 1.807) is 20.8 Å². The van der Waals surface area contributed by atoms with Crippen molar-refractivity contribution in [1.29, 1.82) is 0 Å². The zero-order valence-electron chi connectivity index (χ0n) is 28.7. The van der Waals surface area contributed by atoms with Gasteiger partial charge in [0.05, 0.1) is 35.5 Å². The van der Waals surface area contributed by atoms with Crippen LogP contribution in [0.1, 0.15) is 69.6 Å². The number of rotatable bonds is 15. The lowest BCUT2D eigenvalue weighted by molar-refractivity contribution is -0.117. The van der Waals surface area contributed by atoms with E-state index in [0.29, 0.717) is 18.9 Å². The minimum atomic E-state index is -3.81. The summed E-state index contributed by atoms with van der Waals surface area (Å²) in [6.45, 7) is 6.03. The summed E-state index contributed by atoms with van der Waals surface area (Å²) in [5.41, 5.74) is 5.61. The second-order valence-corrected chi connectivity index (χ2v) is 15.7. The Labute approximate surface area is 294 Å². The van der Waals surface area contributed by atoms with E-state index >= 15 is 4.39 Å². The maximum absolute atomic E-state index is 15.4. The summed E-state index contributed by atoms with van der Waals surface area (Å²) >= 11 is 0. The van der Waals surface area contributed by atoms with E-state index in [-0.39, 0.29) is 48.3 Å². The molecule has 0 bridgehead atoms. The number of nitrogens with two attached hydrogens (primary N) is 1. The lowest BCUT2D eigenvalue weighted by Crippen LogP contribution is -2.49. The van der Waals surface area contributed by atoms with Crippen molar-refractivity contribution < 1.29 is 45.4 Å². The number of benzene rings is 2. The van der Waals surface area contributed by atoms with Gasteiger partial charge in [-0.15, -0.1) is 0 Å². The Morgan fingerprint density at radius 1 is 1.00 bits per heavy atom. The van der Waals surface area contributed by atoms with Gasteiger partial charge >= 0.3 is 6.09 Å². The van der Waals surface area contributed by atoms with Crippen molar-refractivity contribution >= 4 is 27.7 Å². The molecule has 4 unspecified atom stereocenters. The molecule has 1 aromatic heterocycles. The van der Waals surface area contributed by atoms with Crippen LogP contribution >= 0.6 is 0 Å². The second kappa shape index (κ2) is 16.5. The molecule has 4 rings (SSSR count). The van der Waals surface area contributed by atoms with Crippen molar-refractivity contribution in [2.24, 2.45) is 5.73 Å². The van der Waals surface area contributed by atoms with Crippen LogP contribution in [0.3, 0.4) is 0 Å². The molecule has 2 aromatic carbocycles. The lowest BCUT2D eigenvalue weighted by Gasteiger charge is -2.31. The number of aromatic nitrogens is 1. The summed E-state index contributed by atoms with van der Waals surface area (Å²) in [7, 11) is -3.81. The Bertz CT molecular complexity index is 1780. The number of aliphatic hydroxyl groups is 1. The van der Waals surface area contributed by atoms with Crippen molar-refractivity contribution in [3.05, 3.63) is 94.8 Å². The van der Waals surface area contributed by atoms with Gasteiger partial charge in [-0.25, -0.2) is 35.5 Å². The molecule has 3 aromatic rings. The maximum Gasteiger partial charge on any atom is 0.410 e. The number of carbonyl (C=O) groups is 2. The van der Waals surface area contributed by atoms with Crippen molar-refractivity contribution in [3.8, 4) is 0 Å². The monoisotopic (exact) mass is 737 g/mol. The third kappa shape index (κ3) is 11.4. The SMILES string of the molecule is CC(O)CN(CC(CCc1c(F)cncc1NC(=O)C(N)C(c1ccc(F)cc1)c1cc(F)cc(F)c1)NS(=O)(=O)C1CC1)C(=O)OC(C)(C)C. The van der Waals surface area contributed by atoms with Gasteiger partial charge in [0.25, 0.3) is 0 Å². The molecule has 2 amide bonds. The molecule has 1 heterocycles. The molecule has 0 radical (unpaired) electrons. The lowest BCUT2D eigenvalue weighted by atomic mass is 9.84. The normalized spacial score (nSPS) is 15.8. The molecule has 11 nitrogen and oxygen atoms in total. The summed E-state index contributed by atoms with van der Waals surface area (Å²) in [6, 6.07) is 5.03. The molecule has 5 N–H and O–H groups in total. The van der Waals surface area contributed by atoms with Gasteiger partial charge in [0.1, 0.15) is 28.9 Å².